The highest BCUT2D eigenvalue weighted by Crippen LogP contribution is 2.19. The molecule has 0 bridgehead atoms. The highest BCUT2D eigenvalue weighted by Gasteiger charge is 2.17. The summed E-state index contributed by atoms with van der Waals surface area (Å²) >= 11 is 1.65. The predicted molar refractivity (Wildman–Crippen MR) is 74.3 cm³/mol. The van der Waals surface area contributed by atoms with Gasteiger partial charge >= 0.3 is 0 Å². The zero-order chi connectivity index (χ0) is 13.0. The zero-order valence-corrected chi connectivity index (χ0v) is 11.7. The lowest BCUT2D eigenvalue weighted by Gasteiger charge is -2.12. The van der Waals surface area contributed by atoms with Gasteiger partial charge in [-0.3, -0.25) is 4.79 Å². The molecule has 1 aliphatic heterocycles. The van der Waals surface area contributed by atoms with E-state index in [1.165, 1.54) is 0 Å². The van der Waals surface area contributed by atoms with Crippen LogP contribution in [-0.4, -0.2) is 31.4 Å². The third kappa shape index (κ3) is 3.27. The maximum Gasteiger partial charge on any atom is 0.251 e. The summed E-state index contributed by atoms with van der Waals surface area (Å²) in [6.45, 7) is 3.40. The number of carbonyl (C=O) groups excluding carboxylic acids is 1. The zero-order valence-electron chi connectivity index (χ0n) is 10.9. The Hall–Kier alpha value is -1.00. The van der Waals surface area contributed by atoms with E-state index in [0.717, 1.165) is 35.5 Å². The lowest BCUT2D eigenvalue weighted by molar-refractivity contribution is 0.0857. The molecule has 4 heteroatoms. The summed E-state index contributed by atoms with van der Waals surface area (Å²) in [7, 11) is 0. The summed E-state index contributed by atoms with van der Waals surface area (Å²) in [5, 5.41) is 2.96. The van der Waals surface area contributed by atoms with Crippen molar-refractivity contribution in [3.05, 3.63) is 29.3 Å². The van der Waals surface area contributed by atoms with E-state index >= 15 is 0 Å². The predicted octanol–water partition coefficient (Wildman–Crippen LogP) is 2.63. The molecule has 3 nitrogen and oxygen atoms in total. The molecule has 2 rings (SSSR count). The second-order valence-electron chi connectivity index (χ2n) is 4.53. The molecule has 1 amide bonds. The van der Waals surface area contributed by atoms with Gasteiger partial charge in [0.1, 0.15) is 0 Å². The molecular formula is C14H19NO2S. The van der Waals surface area contributed by atoms with E-state index in [4.69, 9.17) is 4.74 Å². The van der Waals surface area contributed by atoms with Crippen molar-refractivity contribution in [1.29, 1.82) is 0 Å². The molecule has 98 valence electrons. The molecule has 1 N–H and O–H groups in total. The van der Waals surface area contributed by atoms with Crippen molar-refractivity contribution in [2.24, 2.45) is 0 Å². The van der Waals surface area contributed by atoms with Crippen LogP contribution in [-0.2, 0) is 4.74 Å². The number of thioether (sulfide) groups is 1. The van der Waals surface area contributed by atoms with Gasteiger partial charge in [-0.05, 0) is 43.7 Å². The maximum absolute atomic E-state index is 12.1. The second kappa shape index (κ2) is 6.25. The van der Waals surface area contributed by atoms with Crippen LogP contribution in [0, 0.1) is 6.92 Å². The first-order valence-corrected chi connectivity index (χ1v) is 7.47. The minimum absolute atomic E-state index is 0.00102. The number of rotatable bonds is 4. The fourth-order valence-corrected chi connectivity index (χ4v) is 2.52. The normalized spacial score (nSPS) is 18.9. The lowest BCUT2D eigenvalue weighted by atomic mass is 10.1. The van der Waals surface area contributed by atoms with Gasteiger partial charge in [0, 0.05) is 23.6 Å². The minimum atomic E-state index is -0.00102. The Bertz CT molecular complexity index is 428. The van der Waals surface area contributed by atoms with Gasteiger partial charge in [0.25, 0.3) is 5.91 Å². The van der Waals surface area contributed by atoms with Crippen molar-refractivity contribution < 1.29 is 9.53 Å². The summed E-state index contributed by atoms with van der Waals surface area (Å²) in [6.07, 6.45) is 4.35. The summed E-state index contributed by atoms with van der Waals surface area (Å²) in [5.41, 5.74) is 1.78. The lowest BCUT2D eigenvalue weighted by Crippen LogP contribution is -2.32. The molecule has 0 radical (unpaired) electrons. The largest absolute Gasteiger partial charge is 0.376 e. The van der Waals surface area contributed by atoms with E-state index in [0.29, 0.717) is 6.54 Å². The number of hydrogen-bond acceptors (Lipinski definition) is 3. The van der Waals surface area contributed by atoms with Gasteiger partial charge in [0.2, 0.25) is 0 Å². The van der Waals surface area contributed by atoms with Crippen LogP contribution in [0.5, 0.6) is 0 Å². The van der Waals surface area contributed by atoms with E-state index < -0.39 is 0 Å². The monoisotopic (exact) mass is 265 g/mol. The van der Waals surface area contributed by atoms with Crippen molar-refractivity contribution in [3.8, 4) is 0 Å². The van der Waals surface area contributed by atoms with Gasteiger partial charge in [-0.1, -0.05) is 6.07 Å². The SMILES string of the molecule is CSc1ccc(C)c(C(=O)NC[C@H]2CCCO2)c1. The summed E-state index contributed by atoms with van der Waals surface area (Å²) in [5.74, 6) is -0.00102. The first kappa shape index (κ1) is 13.4. The number of benzene rings is 1. The number of nitrogens with one attached hydrogen (secondary N) is 1. The summed E-state index contributed by atoms with van der Waals surface area (Å²) in [4.78, 5) is 13.2. The summed E-state index contributed by atoms with van der Waals surface area (Å²) < 4.78 is 5.50. The van der Waals surface area contributed by atoms with Crippen molar-refractivity contribution >= 4 is 17.7 Å². The van der Waals surface area contributed by atoms with Gasteiger partial charge in [0.15, 0.2) is 0 Å². The Labute approximate surface area is 112 Å². The molecule has 0 saturated carbocycles. The van der Waals surface area contributed by atoms with Crippen LogP contribution in [0.2, 0.25) is 0 Å². The Balaban J connectivity index is 1.98. The van der Waals surface area contributed by atoms with Crippen LogP contribution in [0.4, 0.5) is 0 Å². The van der Waals surface area contributed by atoms with Crippen LogP contribution in [0.1, 0.15) is 28.8 Å². The van der Waals surface area contributed by atoms with Crippen molar-refractivity contribution in [1.82, 2.24) is 5.32 Å². The molecule has 0 spiro atoms. The van der Waals surface area contributed by atoms with Gasteiger partial charge in [0.05, 0.1) is 6.10 Å². The minimum Gasteiger partial charge on any atom is -0.376 e. The van der Waals surface area contributed by atoms with Crippen LogP contribution >= 0.6 is 11.8 Å². The van der Waals surface area contributed by atoms with Crippen molar-refractivity contribution in [2.75, 3.05) is 19.4 Å². The van der Waals surface area contributed by atoms with E-state index in [9.17, 15) is 4.79 Å². The van der Waals surface area contributed by atoms with Crippen LogP contribution < -0.4 is 5.32 Å². The number of aryl methyl sites for hydroxylation is 1. The highest BCUT2D eigenvalue weighted by atomic mass is 32.2. The topological polar surface area (TPSA) is 38.3 Å². The first-order chi connectivity index (χ1) is 8.70. The Morgan fingerprint density at radius 2 is 2.39 bits per heavy atom. The molecule has 1 aliphatic rings. The molecule has 1 saturated heterocycles. The third-order valence-electron chi connectivity index (χ3n) is 3.20. The molecule has 0 aliphatic carbocycles. The molecule has 1 atom stereocenters. The molecular weight excluding hydrogens is 246 g/mol. The van der Waals surface area contributed by atoms with Gasteiger partial charge in [-0.25, -0.2) is 0 Å². The fourth-order valence-electron chi connectivity index (χ4n) is 2.08. The standard InChI is InChI=1S/C14H19NO2S/c1-10-5-6-12(18-2)8-13(10)14(16)15-9-11-4-3-7-17-11/h5-6,8,11H,3-4,7,9H2,1-2H3,(H,15,16)/t11-/m1/s1. The van der Waals surface area contributed by atoms with Crippen molar-refractivity contribution in [3.63, 3.8) is 0 Å². The number of hydrogen-bond donors (Lipinski definition) is 1. The molecule has 1 aromatic rings. The van der Waals surface area contributed by atoms with E-state index in [2.05, 4.69) is 5.32 Å². The molecule has 1 aromatic carbocycles. The Kier molecular flexibility index (Phi) is 4.66. The fraction of sp³-hybridized carbons (Fsp3) is 0.500. The number of carbonyl (C=O) groups is 1. The van der Waals surface area contributed by atoms with Crippen LogP contribution in [0.25, 0.3) is 0 Å². The molecule has 0 unspecified atom stereocenters. The smallest absolute Gasteiger partial charge is 0.251 e. The third-order valence-corrected chi connectivity index (χ3v) is 3.93. The molecule has 1 fully saturated rings. The average molecular weight is 265 g/mol. The van der Waals surface area contributed by atoms with Gasteiger partial charge < -0.3 is 10.1 Å². The average Bonchev–Trinajstić information content (AvgIpc) is 2.89. The maximum atomic E-state index is 12.1. The number of ether oxygens (including phenoxy) is 1. The van der Waals surface area contributed by atoms with Crippen LogP contribution in [0.15, 0.2) is 23.1 Å². The quantitative estimate of drug-likeness (QED) is 0.851. The highest BCUT2D eigenvalue weighted by molar-refractivity contribution is 7.98. The first-order valence-electron chi connectivity index (χ1n) is 6.25. The Morgan fingerprint density at radius 3 is 3.06 bits per heavy atom. The second-order valence-corrected chi connectivity index (χ2v) is 5.41. The van der Waals surface area contributed by atoms with E-state index in [1.807, 2.05) is 31.4 Å². The Morgan fingerprint density at radius 1 is 1.56 bits per heavy atom. The van der Waals surface area contributed by atoms with Crippen molar-refractivity contribution in [2.45, 2.75) is 30.8 Å². The number of amides is 1. The van der Waals surface area contributed by atoms with Gasteiger partial charge in [-0.15, -0.1) is 11.8 Å². The molecule has 0 aromatic heterocycles. The van der Waals surface area contributed by atoms with Crippen LogP contribution in [0.3, 0.4) is 0 Å². The van der Waals surface area contributed by atoms with Gasteiger partial charge in [-0.2, -0.15) is 0 Å². The molecule has 1 heterocycles. The van der Waals surface area contributed by atoms with E-state index in [-0.39, 0.29) is 12.0 Å². The summed E-state index contributed by atoms with van der Waals surface area (Å²) in [6, 6.07) is 5.98. The van der Waals surface area contributed by atoms with E-state index in [1.54, 1.807) is 11.8 Å². The molecule has 18 heavy (non-hydrogen) atoms.